The van der Waals surface area contributed by atoms with Gasteiger partial charge in [-0.3, -0.25) is 4.68 Å². The van der Waals surface area contributed by atoms with Crippen molar-refractivity contribution < 1.29 is 9.90 Å². The predicted molar refractivity (Wildman–Crippen MR) is 52.4 cm³/mol. The number of aromatic carboxylic acids is 1. The van der Waals surface area contributed by atoms with Crippen LogP contribution in [0.25, 0.3) is 0 Å². The van der Waals surface area contributed by atoms with Crippen LogP contribution in [0.5, 0.6) is 0 Å². The zero-order valence-corrected chi connectivity index (χ0v) is 8.47. The number of carbonyl (C=O) groups is 1. The second-order valence-electron chi connectivity index (χ2n) is 3.43. The molecular weight excluding hydrogens is 182 g/mol. The van der Waals surface area contributed by atoms with E-state index in [-0.39, 0.29) is 5.69 Å². The molecule has 1 rings (SSSR count). The maximum Gasteiger partial charge on any atom is 0.356 e. The Kier molecular flexibility index (Phi) is 3.64. The van der Waals surface area contributed by atoms with Gasteiger partial charge in [0.05, 0.1) is 0 Å². The SMILES string of the molecule is CN(C)CCCn1ccc(C(=O)O)n1. The average Bonchev–Trinajstić information content (AvgIpc) is 2.52. The van der Waals surface area contributed by atoms with Gasteiger partial charge in [-0.1, -0.05) is 0 Å². The molecule has 0 bridgehead atoms. The highest BCUT2D eigenvalue weighted by molar-refractivity contribution is 5.84. The first kappa shape index (κ1) is 10.7. The molecule has 1 aromatic heterocycles. The van der Waals surface area contributed by atoms with Crippen LogP contribution in [0.1, 0.15) is 16.9 Å². The Hall–Kier alpha value is -1.36. The van der Waals surface area contributed by atoms with E-state index in [0.717, 1.165) is 19.5 Å². The summed E-state index contributed by atoms with van der Waals surface area (Å²) in [5.41, 5.74) is 0.106. The minimum absolute atomic E-state index is 0.106. The number of rotatable bonds is 5. The van der Waals surface area contributed by atoms with E-state index in [2.05, 4.69) is 10.00 Å². The molecule has 0 aliphatic rings. The van der Waals surface area contributed by atoms with Crippen LogP contribution in [0, 0.1) is 0 Å². The van der Waals surface area contributed by atoms with Gasteiger partial charge in [-0.2, -0.15) is 5.10 Å². The number of carboxylic acid groups (broad SMARTS) is 1. The summed E-state index contributed by atoms with van der Waals surface area (Å²) in [4.78, 5) is 12.6. The molecule has 5 heteroatoms. The van der Waals surface area contributed by atoms with Gasteiger partial charge in [-0.25, -0.2) is 4.79 Å². The van der Waals surface area contributed by atoms with Crippen molar-refractivity contribution in [2.24, 2.45) is 0 Å². The topological polar surface area (TPSA) is 58.4 Å². The smallest absolute Gasteiger partial charge is 0.356 e. The summed E-state index contributed by atoms with van der Waals surface area (Å²) < 4.78 is 1.66. The molecule has 0 saturated carbocycles. The lowest BCUT2D eigenvalue weighted by Gasteiger charge is -2.08. The number of aryl methyl sites for hydroxylation is 1. The molecule has 0 atom stereocenters. The van der Waals surface area contributed by atoms with Crippen LogP contribution in [0.4, 0.5) is 0 Å². The van der Waals surface area contributed by atoms with Gasteiger partial charge in [-0.05, 0) is 33.1 Å². The van der Waals surface area contributed by atoms with Gasteiger partial charge >= 0.3 is 5.97 Å². The van der Waals surface area contributed by atoms with Gasteiger partial charge in [-0.15, -0.1) is 0 Å². The van der Waals surface area contributed by atoms with E-state index < -0.39 is 5.97 Å². The molecule has 0 spiro atoms. The van der Waals surface area contributed by atoms with E-state index in [1.165, 1.54) is 6.07 Å². The number of hydrogen-bond acceptors (Lipinski definition) is 3. The molecule has 1 aromatic rings. The van der Waals surface area contributed by atoms with Crippen LogP contribution < -0.4 is 0 Å². The first-order valence-electron chi connectivity index (χ1n) is 4.51. The molecule has 0 aliphatic carbocycles. The first-order valence-corrected chi connectivity index (χ1v) is 4.51. The van der Waals surface area contributed by atoms with Crippen molar-refractivity contribution in [2.75, 3.05) is 20.6 Å². The summed E-state index contributed by atoms with van der Waals surface area (Å²) in [7, 11) is 4.01. The Labute approximate surface area is 82.9 Å². The third-order valence-corrected chi connectivity index (χ3v) is 1.85. The number of hydrogen-bond donors (Lipinski definition) is 1. The second-order valence-corrected chi connectivity index (χ2v) is 3.43. The van der Waals surface area contributed by atoms with E-state index in [4.69, 9.17) is 5.11 Å². The molecule has 0 amide bonds. The second kappa shape index (κ2) is 4.76. The summed E-state index contributed by atoms with van der Waals surface area (Å²) in [6, 6.07) is 1.51. The van der Waals surface area contributed by atoms with Crippen molar-refractivity contribution in [1.82, 2.24) is 14.7 Å². The van der Waals surface area contributed by atoms with Crippen molar-refractivity contribution in [3.8, 4) is 0 Å². The lowest BCUT2D eigenvalue weighted by atomic mass is 10.4. The van der Waals surface area contributed by atoms with Crippen molar-refractivity contribution in [3.05, 3.63) is 18.0 Å². The van der Waals surface area contributed by atoms with Crippen molar-refractivity contribution in [1.29, 1.82) is 0 Å². The number of carboxylic acids is 1. The molecule has 0 aliphatic heterocycles. The van der Waals surface area contributed by atoms with E-state index in [1.54, 1.807) is 10.9 Å². The van der Waals surface area contributed by atoms with Gasteiger partial charge in [0.2, 0.25) is 0 Å². The Bertz CT molecular complexity index is 307. The van der Waals surface area contributed by atoms with Crippen LogP contribution in [0.2, 0.25) is 0 Å². The highest BCUT2D eigenvalue weighted by Gasteiger charge is 2.05. The van der Waals surface area contributed by atoms with E-state index in [1.807, 2.05) is 14.1 Å². The molecular formula is C9H15N3O2. The summed E-state index contributed by atoms with van der Waals surface area (Å²) in [5.74, 6) is -0.976. The van der Waals surface area contributed by atoms with Gasteiger partial charge < -0.3 is 10.0 Å². The summed E-state index contributed by atoms with van der Waals surface area (Å²) in [6.45, 7) is 1.73. The van der Waals surface area contributed by atoms with Gasteiger partial charge in [0.15, 0.2) is 5.69 Å². The molecule has 0 aromatic carbocycles. The fraction of sp³-hybridized carbons (Fsp3) is 0.556. The standard InChI is InChI=1S/C9H15N3O2/c1-11(2)5-3-6-12-7-4-8(10-12)9(13)14/h4,7H,3,5-6H2,1-2H3,(H,13,14). The third-order valence-electron chi connectivity index (χ3n) is 1.85. The molecule has 78 valence electrons. The molecule has 14 heavy (non-hydrogen) atoms. The Morgan fingerprint density at radius 3 is 2.86 bits per heavy atom. The quantitative estimate of drug-likeness (QED) is 0.748. The predicted octanol–water partition coefficient (Wildman–Crippen LogP) is 0.533. The summed E-state index contributed by atoms with van der Waals surface area (Å²) >= 11 is 0. The largest absolute Gasteiger partial charge is 0.476 e. The average molecular weight is 197 g/mol. The maximum absolute atomic E-state index is 10.5. The lowest BCUT2D eigenvalue weighted by molar-refractivity contribution is 0.0689. The third kappa shape index (κ3) is 3.18. The fourth-order valence-electron chi connectivity index (χ4n) is 1.15. The van der Waals surface area contributed by atoms with Crippen LogP contribution >= 0.6 is 0 Å². The maximum atomic E-state index is 10.5. The Balaban J connectivity index is 2.40. The van der Waals surface area contributed by atoms with Gasteiger partial charge in [0.1, 0.15) is 0 Å². The minimum Gasteiger partial charge on any atom is -0.476 e. The van der Waals surface area contributed by atoms with Crippen molar-refractivity contribution >= 4 is 5.97 Å². The normalized spacial score (nSPS) is 10.8. The van der Waals surface area contributed by atoms with E-state index in [0.29, 0.717) is 0 Å². The number of aromatic nitrogens is 2. The molecule has 1 heterocycles. The highest BCUT2D eigenvalue weighted by atomic mass is 16.4. The molecule has 0 fully saturated rings. The van der Waals surface area contributed by atoms with Gasteiger partial charge in [0.25, 0.3) is 0 Å². The molecule has 1 N–H and O–H groups in total. The monoisotopic (exact) mass is 197 g/mol. The molecule has 5 nitrogen and oxygen atoms in total. The van der Waals surface area contributed by atoms with Gasteiger partial charge in [0, 0.05) is 12.7 Å². The zero-order valence-electron chi connectivity index (χ0n) is 8.47. The highest BCUT2D eigenvalue weighted by Crippen LogP contribution is 1.97. The van der Waals surface area contributed by atoms with Crippen molar-refractivity contribution in [3.63, 3.8) is 0 Å². The van der Waals surface area contributed by atoms with Crippen LogP contribution in [-0.2, 0) is 6.54 Å². The Morgan fingerprint density at radius 1 is 1.64 bits per heavy atom. The van der Waals surface area contributed by atoms with Crippen LogP contribution in [0.3, 0.4) is 0 Å². The summed E-state index contributed by atoms with van der Waals surface area (Å²) in [6.07, 6.45) is 2.66. The first-order chi connectivity index (χ1) is 6.59. The Morgan fingerprint density at radius 2 is 2.36 bits per heavy atom. The number of nitrogens with zero attached hydrogens (tertiary/aromatic N) is 3. The fourth-order valence-corrected chi connectivity index (χ4v) is 1.15. The molecule has 0 radical (unpaired) electrons. The summed E-state index contributed by atoms with van der Waals surface area (Å²) in [5, 5.41) is 12.5. The van der Waals surface area contributed by atoms with Crippen LogP contribution in [-0.4, -0.2) is 46.4 Å². The zero-order chi connectivity index (χ0) is 10.6. The van der Waals surface area contributed by atoms with E-state index >= 15 is 0 Å². The van der Waals surface area contributed by atoms with Crippen molar-refractivity contribution in [2.45, 2.75) is 13.0 Å². The minimum atomic E-state index is -0.976. The van der Waals surface area contributed by atoms with E-state index in [9.17, 15) is 4.79 Å². The molecule has 0 unspecified atom stereocenters. The van der Waals surface area contributed by atoms with Crippen LogP contribution in [0.15, 0.2) is 12.3 Å². The molecule has 0 saturated heterocycles. The lowest BCUT2D eigenvalue weighted by Crippen LogP contribution is -2.15.